The van der Waals surface area contributed by atoms with Gasteiger partial charge in [-0.15, -0.1) is 0 Å². The maximum Gasteiger partial charge on any atom is 0.310 e. The summed E-state index contributed by atoms with van der Waals surface area (Å²) in [5, 5.41) is 12.6. The van der Waals surface area contributed by atoms with E-state index in [9.17, 15) is 9.90 Å². The third-order valence-corrected chi connectivity index (χ3v) is 4.72. The van der Waals surface area contributed by atoms with E-state index in [1.165, 1.54) is 36.0 Å². The highest BCUT2D eigenvalue weighted by atomic mass is 16.4. The number of carboxylic acid groups (broad SMARTS) is 1. The van der Waals surface area contributed by atoms with Gasteiger partial charge in [0.2, 0.25) is 0 Å². The molecule has 0 bridgehead atoms. The molecule has 19 heavy (non-hydrogen) atoms. The quantitative estimate of drug-likeness (QED) is 0.854. The topological polar surface area (TPSA) is 49.3 Å². The Bertz CT molecular complexity index is 492. The fourth-order valence-electron chi connectivity index (χ4n) is 3.25. The van der Waals surface area contributed by atoms with E-state index >= 15 is 0 Å². The van der Waals surface area contributed by atoms with Crippen molar-refractivity contribution in [3.63, 3.8) is 0 Å². The predicted molar refractivity (Wildman–Crippen MR) is 74.1 cm³/mol. The lowest BCUT2D eigenvalue weighted by atomic mass is 9.69. The molecule has 0 heterocycles. The molecule has 2 aliphatic carbocycles. The van der Waals surface area contributed by atoms with E-state index in [4.69, 9.17) is 0 Å². The molecule has 3 heteroatoms. The highest BCUT2D eigenvalue weighted by Crippen LogP contribution is 2.40. The molecular formula is C16H21NO2. The number of benzene rings is 1. The zero-order valence-electron chi connectivity index (χ0n) is 11.2. The summed E-state index contributed by atoms with van der Waals surface area (Å²) in [5.74, 6) is -0.639. The maximum atomic E-state index is 11.3. The number of fused-ring (bicyclic) bond motifs is 1. The van der Waals surface area contributed by atoms with Crippen LogP contribution >= 0.6 is 0 Å². The number of hydrogen-bond acceptors (Lipinski definition) is 2. The molecule has 3 rings (SSSR count). The summed E-state index contributed by atoms with van der Waals surface area (Å²) in [5.41, 5.74) is 3.76. The summed E-state index contributed by atoms with van der Waals surface area (Å²) in [6.45, 7) is 1.38. The summed E-state index contributed by atoms with van der Waals surface area (Å²) in [4.78, 5) is 11.3. The monoisotopic (exact) mass is 259 g/mol. The zero-order valence-corrected chi connectivity index (χ0v) is 11.2. The van der Waals surface area contributed by atoms with Crippen molar-refractivity contribution in [2.24, 2.45) is 5.41 Å². The first kappa shape index (κ1) is 12.7. The molecule has 1 aromatic carbocycles. The van der Waals surface area contributed by atoms with Crippen molar-refractivity contribution in [3.05, 3.63) is 34.9 Å². The van der Waals surface area contributed by atoms with Crippen LogP contribution in [0.4, 0.5) is 0 Å². The Balaban J connectivity index is 1.56. The van der Waals surface area contributed by atoms with Gasteiger partial charge in [-0.2, -0.15) is 0 Å². The molecule has 1 fully saturated rings. The van der Waals surface area contributed by atoms with Gasteiger partial charge in [0.15, 0.2) is 0 Å². The summed E-state index contributed by atoms with van der Waals surface area (Å²) in [6, 6.07) is 6.69. The molecule has 0 radical (unpaired) electrons. The zero-order chi connectivity index (χ0) is 13.3. The second kappa shape index (κ2) is 4.97. The third-order valence-electron chi connectivity index (χ3n) is 4.72. The van der Waals surface area contributed by atoms with Gasteiger partial charge >= 0.3 is 5.97 Å². The SMILES string of the molecule is O=C(O)C1(CNCc2ccc3c(c2)CCC3)CCC1. The van der Waals surface area contributed by atoms with E-state index in [1.807, 2.05) is 0 Å². The first-order valence-electron chi connectivity index (χ1n) is 7.24. The minimum atomic E-state index is -0.639. The van der Waals surface area contributed by atoms with Crippen molar-refractivity contribution in [1.82, 2.24) is 5.32 Å². The highest BCUT2D eigenvalue weighted by molar-refractivity contribution is 5.76. The Labute approximate surface area is 114 Å². The normalized spacial score (nSPS) is 19.8. The average Bonchev–Trinajstić information content (AvgIpc) is 2.79. The van der Waals surface area contributed by atoms with Crippen molar-refractivity contribution in [1.29, 1.82) is 0 Å². The maximum absolute atomic E-state index is 11.3. The van der Waals surface area contributed by atoms with Crippen LogP contribution in [0.3, 0.4) is 0 Å². The molecule has 0 amide bonds. The van der Waals surface area contributed by atoms with Crippen LogP contribution in [0.1, 0.15) is 42.4 Å². The molecule has 0 atom stereocenters. The lowest BCUT2D eigenvalue weighted by Gasteiger charge is -2.37. The number of rotatable bonds is 5. The molecule has 0 aliphatic heterocycles. The number of carbonyl (C=O) groups is 1. The fourth-order valence-corrected chi connectivity index (χ4v) is 3.25. The minimum absolute atomic E-state index is 0.489. The first-order valence-corrected chi connectivity index (χ1v) is 7.24. The van der Waals surface area contributed by atoms with Crippen molar-refractivity contribution in [3.8, 4) is 0 Å². The van der Waals surface area contributed by atoms with Crippen LogP contribution in [0.15, 0.2) is 18.2 Å². The Hall–Kier alpha value is -1.35. The number of aryl methyl sites for hydroxylation is 2. The lowest BCUT2D eigenvalue weighted by molar-refractivity contribution is -0.154. The van der Waals surface area contributed by atoms with Gasteiger partial charge in [0, 0.05) is 13.1 Å². The van der Waals surface area contributed by atoms with Crippen molar-refractivity contribution < 1.29 is 9.90 Å². The van der Waals surface area contributed by atoms with Gasteiger partial charge in [-0.25, -0.2) is 0 Å². The van der Waals surface area contributed by atoms with Crippen LogP contribution in [0, 0.1) is 5.41 Å². The summed E-state index contributed by atoms with van der Waals surface area (Å²) in [6.07, 6.45) is 6.37. The van der Waals surface area contributed by atoms with Crippen LogP contribution in [0.2, 0.25) is 0 Å². The van der Waals surface area contributed by atoms with E-state index in [1.54, 1.807) is 0 Å². The van der Waals surface area contributed by atoms with Crippen LogP contribution in [0.25, 0.3) is 0 Å². The number of aliphatic carboxylic acids is 1. The van der Waals surface area contributed by atoms with Crippen LogP contribution < -0.4 is 5.32 Å². The number of nitrogens with one attached hydrogen (secondary N) is 1. The lowest BCUT2D eigenvalue weighted by Crippen LogP contribution is -2.45. The van der Waals surface area contributed by atoms with Gasteiger partial charge < -0.3 is 10.4 Å². The standard InChI is InChI=1S/C16H21NO2/c18-15(19)16(7-2-8-16)11-17-10-12-5-6-13-3-1-4-14(13)9-12/h5-6,9,17H,1-4,7-8,10-11H2,(H,18,19). The Morgan fingerprint density at radius 1 is 1.21 bits per heavy atom. The molecule has 102 valence electrons. The summed E-state index contributed by atoms with van der Waals surface area (Å²) < 4.78 is 0. The molecule has 0 aromatic heterocycles. The Morgan fingerprint density at radius 3 is 2.68 bits per heavy atom. The average molecular weight is 259 g/mol. The second-order valence-corrected chi connectivity index (χ2v) is 6.00. The summed E-state index contributed by atoms with van der Waals surface area (Å²) in [7, 11) is 0. The van der Waals surface area contributed by atoms with E-state index in [0.717, 1.165) is 25.8 Å². The molecular weight excluding hydrogens is 238 g/mol. The fraction of sp³-hybridized carbons (Fsp3) is 0.562. The van der Waals surface area contributed by atoms with E-state index in [0.29, 0.717) is 6.54 Å². The van der Waals surface area contributed by atoms with Gasteiger partial charge in [0.25, 0.3) is 0 Å². The molecule has 3 nitrogen and oxygen atoms in total. The minimum Gasteiger partial charge on any atom is -0.481 e. The van der Waals surface area contributed by atoms with E-state index < -0.39 is 11.4 Å². The van der Waals surface area contributed by atoms with Gasteiger partial charge in [-0.1, -0.05) is 24.6 Å². The molecule has 2 N–H and O–H groups in total. The summed E-state index contributed by atoms with van der Waals surface area (Å²) >= 11 is 0. The Morgan fingerprint density at radius 2 is 2.00 bits per heavy atom. The molecule has 1 saturated carbocycles. The van der Waals surface area contributed by atoms with Crippen LogP contribution in [0.5, 0.6) is 0 Å². The van der Waals surface area contributed by atoms with Crippen molar-refractivity contribution in [2.45, 2.75) is 45.1 Å². The van der Waals surface area contributed by atoms with E-state index in [-0.39, 0.29) is 0 Å². The van der Waals surface area contributed by atoms with Gasteiger partial charge in [-0.3, -0.25) is 4.79 Å². The molecule has 0 spiro atoms. The smallest absolute Gasteiger partial charge is 0.310 e. The molecule has 2 aliphatic rings. The van der Waals surface area contributed by atoms with Crippen molar-refractivity contribution >= 4 is 5.97 Å². The number of hydrogen-bond donors (Lipinski definition) is 2. The van der Waals surface area contributed by atoms with Crippen LogP contribution in [-0.2, 0) is 24.2 Å². The van der Waals surface area contributed by atoms with Gasteiger partial charge in [0.1, 0.15) is 0 Å². The molecule has 1 aromatic rings. The second-order valence-electron chi connectivity index (χ2n) is 6.00. The molecule has 0 unspecified atom stereocenters. The molecule has 0 saturated heterocycles. The van der Waals surface area contributed by atoms with Crippen LogP contribution in [-0.4, -0.2) is 17.6 Å². The van der Waals surface area contributed by atoms with Crippen molar-refractivity contribution in [2.75, 3.05) is 6.54 Å². The van der Waals surface area contributed by atoms with E-state index in [2.05, 4.69) is 23.5 Å². The van der Waals surface area contributed by atoms with Gasteiger partial charge in [0.05, 0.1) is 5.41 Å². The van der Waals surface area contributed by atoms with Gasteiger partial charge in [-0.05, 0) is 48.8 Å². The first-order chi connectivity index (χ1) is 9.20. The highest BCUT2D eigenvalue weighted by Gasteiger charge is 2.43. The largest absolute Gasteiger partial charge is 0.481 e. The predicted octanol–water partition coefficient (Wildman–Crippen LogP) is 2.52. The third kappa shape index (κ3) is 2.39. The Kier molecular flexibility index (Phi) is 3.31. The number of carboxylic acids is 1.